The van der Waals surface area contributed by atoms with E-state index in [9.17, 15) is 4.79 Å². The van der Waals surface area contributed by atoms with Crippen molar-refractivity contribution in [1.82, 2.24) is 9.88 Å². The van der Waals surface area contributed by atoms with Crippen molar-refractivity contribution in [2.75, 3.05) is 13.1 Å². The van der Waals surface area contributed by atoms with Gasteiger partial charge in [-0.2, -0.15) is 0 Å². The number of hydrogen-bond donors (Lipinski definition) is 1. The maximum atomic E-state index is 12.8. The lowest BCUT2D eigenvalue weighted by Gasteiger charge is -2.22. The first kappa shape index (κ1) is 12.4. The van der Waals surface area contributed by atoms with Crippen LogP contribution in [0.15, 0.2) is 24.3 Å². The number of H-pyrrole nitrogens is 1. The molecule has 0 unspecified atom stereocenters. The maximum Gasteiger partial charge on any atom is 0.182 e. The van der Waals surface area contributed by atoms with Gasteiger partial charge in [0.2, 0.25) is 0 Å². The zero-order valence-corrected chi connectivity index (χ0v) is 11.6. The Morgan fingerprint density at radius 2 is 1.95 bits per heavy atom. The van der Waals surface area contributed by atoms with Crippen molar-refractivity contribution in [3.05, 3.63) is 35.5 Å². The average Bonchev–Trinajstić information content (AvgIpc) is 3.03. The molecule has 3 nitrogen and oxygen atoms in total. The predicted octanol–water partition coefficient (Wildman–Crippen LogP) is 3.14. The molecule has 0 radical (unpaired) electrons. The van der Waals surface area contributed by atoms with Gasteiger partial charge in [0, 0.05) is 22.2 Å². The predicted molar refractivity (Wildman–Crippen MR) is 77.6 cm³/mol. The molecule has 0 saturated carbocycles. The van der Waals surface area contributed by atoms with Gasteiger partial charge in [0.25, 0.3) is 0 Å². The van der Waals surface area contributed by atoms with Crippen LogP contribution in [0.25, 0.3) is 10.9 Å². The maximum absolute atomic E-state index is 12.8. The Kier molecular flexibility index (Phi) is 3.15. The van der Waals surface area contributed by atoms with E-state index in [2.05, 4.69) is 9.88 Å². The van der Waals surface area contributed by atoms with Gasteiger partial charge < -0.3 is 4.98 Å². The van der Waals surface area contributed by atoms with E-state index < -0.39 is 0 Å². The van der Waals surface area contributed by atoms with Gasteiger partial charge in [-0.25, -0.2) is 0 Å². The minimum atomic E-state index is -0.0135. The molecule has 1 aromatic carbocycles. The molecule has 3 heteroatoms. The average molecular weight is 256 g/mol. The molecular formula is C16H20N2O. The number of para-hydroxylation sites is 1. The molecule has 1 fully saturated rings. The molecule has 1 aromatic heterocycles. The third-order valence-electron chi connectivity index (χ3n) is 4.21. The van der Waals surface area contributed by atoms with Crippen LogP contribution in [-0.2, 0) is 0 Å². The number of aryl methyl sites for hydroxylation is 1. The summed E-state index contributed by atoms with van der Waals surface area (Å²) in [5.41, 5.74) is 2.91. The Hall–Kier alpha value is -1.61. The van der Waals surface area contributed by atoms with Crippen LogP contribution >= 0.6 is 0 Å². The highest BCUT2D eigenvalue weighted by molar-refractivity contribution is 6.11. The summed E-state index contributed by atoms with van der Waals surface area (Å²) >= 11 is 0. The van der Waals surface area contributed by atoms with E-state index in [1.807, 2.05) is 38.1 Å². The fraction of sp³-hybridized carbons (Fsp3) is 0.438. The number of nitrogens with zero attached hydrogens (tertiary/aromatic N) is 1. The van der Waals surface area contributed by atoms with E-state index in [0.717, 1.165) is 35.2 Å². The van der Waals surface area contributed by atoms with Crippen molar-refractivity contribution >= 4 is 16.7 Å². The molecule has 100 valence electrons. The minimum Gasteiger partial charge on any atom is -0.358 e. The minimum absolute atomic E-state index is 0.0135. The van der Waals surface area contributed by atoms with E-state index in [-0.39, 0.29) is 11.8 Å². The lowest BCUT2D eigenvalue weighted by atomic mass is 10.0. The molecule has 3 rings (SSSR count). The van der Waals surface area contributed by atoms with Gasteiger partial charge >= 0.3 is 0 Å². The smallest absolute Gasteiger partial charge is 0.182 e. The highest BCUT2D eigenvalue weighted by atomic mass is 16.1. The van der Waals surface area contributed by atoms with E-state index in [1.54, 1.807) is 0 Å². The number of aromatic nitrogens is 1. The normalized spacial score (nSPS) is 18.0. The molecule has 2 aromatic rings. The molecule has 19 heavy (non-hydrogen) atoms. The Morgan fingerprint density at radius 1 is 1.26 bits per heavy atom. The van der Waals surface area contributed by atoms with Crippen LogP contribution in [0.5, 0.6) is 0 Å². The molecule has 0 spiro atoms. The van der Waals surface area contributed by atoms with Crippen LogP contribution in [0.2, 0.25) is 0 Å². The van der Waals surface area contributed by atoms with Crippen LogP contribution in [0, 0.1) is 6.92 Å². The number of Topliss-reactive ketones (excluding diaryl/α,β-unsaturated/α-hetero) is 1. The fourth-order valence-corrected chi connectivity index (χ4v) is 3.10. The van der Waals surface area contributed by atoms with Crippen molar-refractivity contribution in [3.8, 4) is 0 Å². The Bertz CT molecular complexity index is 608. The molecular weight excluding hydrogens is 236 g/mol. The quantitative estimate of drug-likeness (QED) is 0.856. The first-order chi connectivity index (χ1) is 9.18. The summed E-state index contributed by atoms with van der Waals surface area (Å²) in [6, 6.07) is 8.03. The Morgan fingerprint density at radius 3 is 2.68 bits per heavy atom. The van der Waals surface area contributed by atoms with Gasteiger partial charge in [0.05, 0.1) is 6.04 Å². The van der Waals surface area contributed by atoms with E-state index in [4.69, 9.17) is 0 Å². The molecule has 1 aliphatic heterocycles. The van der Waals surface area contributed by atoms with Crippen LogP contribution < -0.4 is 0 Å². The van der Waals surface area contributed by atoms with Gasteiger partial charge in [-0.1, -0.05) is 18.2 Å². The number of benzene rings is 1. The third kappa shape index (κ3) is 2.08. The second-order valence-electron chi connectivity index (χ2n) is 5.45. The first-order valence-corrected chi connectivity index (χ1v) is 7.04. The van der Waals surface area contributed by atoms with E-state index in [1.165, 1.54) is 12.8 Å². The summed E-state index contributed by atoms with van der Waals surface area (Å²) in [6.07, 6.45) is 2.43. The first-order valence-electron chi connectivity index (χ1n) is 7.04. The van der Waals surface area contributed by atoms with Gasteiger partial charge in [-0.05, 0) is 45.8 Å². The summed E-state index contributed by atoms with van der Waals surface area (Å²) in [5.74, 6) is 0.247. The SMILES string of the molecule is Cc1[nH]c2ccccc2c1C(=O)[C@H](C)N1CCCC1. The van der Waals surface area contributed by atoms with Crippen LogP contribution in [0.4, 0.5) is 0 Å². The van der Waals surface area contributed by atoms with Crippen molar-refractivity contribution < 1.29 is 4.79 Å². The van der Waals surface area contributed by atoms with Crippen molar-refractivity contribution in [2.45, 2.75) is 32.7 Å². The monoisotopic (exact) mass is 256 g/mol. The molecule has 1 saturated heterocycles. The highest BCUT2D eigenvalue weighted by Gasteiger charge is 2.27. The number of nitrogens with one attached hydrogen (secondary N) is 1. The Balaban J connectivity index is 1.99. The summed E-state index contributed by atoms with van der Waals surface area (Å²) in [7, 11) is 0. The molecule has 1 aliphatic rings. The van der Waals surface area contributed by atoms with Gasteiger partial charge in [0.1, 0.15) is 0 Å². The highest BCUT2D eigenvalue weighted by Crippen LogP contribution is 2.25. The number of ketones is 1. The third-order valence-corrected chi connectivity index (χ3v) is 4.21. The van der Waals surface area contributed by atoms with E-state index >= 15 is 0 Å². The zero-order valence-electron chi connectivity index (χ0n) is 11.6. The summed E-state index contributed by atoms with van der Waals surface area (Å²) in [6.45, 7) is 6.13. The number of carbonyl (C=O) groups excluding carboxylic acids is 1. The number of carbonyl (C=O) groups is 1. The van der Waals surface area contributed by atoms with Crippen molar-refractivity contribution in [1.29, 1.82) is 0 Å². The lowest BCUT2D eigenvalue weighted by molar-refractivity contribution is 0.0868. The standard InChI is InChI=1S/C16H20N2O/c1-11-15(13-7-3-4-8-14(13)17-11)16(19)12(2)18-9-5-6-10-18/h3-4,7-8,12,17H,5-6,9-10H2,1-2H3/t12-/m0/s1. The number of rotatable bonds is 3. The number of fused-ring (bicyclic) bond motifs is 1. The number of aromatic amines is 1. The topological polar surface area (TPSA) is 36.1 Å². The number of hydrogen-bond acceptors (Lipinski definition) is 2. The summed E-state index contributed by atoms with van der Waals surface area (Å²) < 4.78 is 0. The molecule has 1 atom stereocenters. The van der Waals surface area contributed by atoms with Crippen LogP contribution in [0.3, 0.4) is 0 Å². The molecule has 1 N–H and O–H groups in total. The van der Waals surface area contributed by atoms with Crippen LogP contribution in [-0.4, -0.2) is 34.8 Å². The summed E-state index contributed by atoms with van der Waals surface area (Å²) in [4.78, 5) is 18.4. The van der Waals surface area contributed by atoms with E-state index in [0.29, 0.717) is 0 Å². The number of likely N-dealkylation sites (tertiary alicyclic amines) is 1. The van der Waals surface area contributed by atoms with Gasteiger partial charge in [0.15, 0.2) is 5.78 Å². The largest absolute Gasteiger partial charge is 0.358 e. The molecule has 0 amide bonds. The van der Waals surface area contributed by atoms with Crippen molar-refractivity contribution in [3.63, 3.8) is 0 Å². The fourth-order valence-electron chi connectivity index (χ4n) is 3.10. The van der Waals surface area contributed by atoms with Gasteiger partial charge in [-0.3, -0.25) is 9.69 Å². The molecule has 0 aliphatic carbocycles. The lowest BCUT2D eigenvalue weighted by Crippen LogP contribution is -2.37. The van der Waals surface area contributed by atoms with Gasteiger partial charge in [-0.15, -0.1) is 0 Å². The second kappa shape index (κ2) is 4.82. The Labute approximate surface area is 113 Å². The molecule has 0 bridgehead atoms. The second-order valence-corrected chi connectivity index (χ2v) is 5.45. The molecule has 2 heterocycles. The summed E-state index contributed by atoms with van der Waals surface area (Å²) in [5, 5.41) is 1.05. The zero-order chi connectivity index (χ0) is 13.4. The van der Waals surface area contributed by atoms with Crippen LogP contribution in [0.1, 0.15) is 35.8 Å². The van der Waals surface area contributed by atoms with Crippen molar-refractivity contribution in [2.24, 2.45) is 0 Å².